The van der Waals surface area contributed by atoms with Gasteiger partial charge in [-0.15, -0.1) is 0 Å². The van der Waals surface area contributed by atoms with Crippen LogP contribution in [0, 0.1) is 5.41 Å². The molecule has 0 unspecified atom stereocenters. The molecule has 0 saturated heterocycles. The summed E-state index contributed by atoms with van der Waals surface area (Å²) in [5.41, 5.74) is 8.43. The molecule has 2 aliphatic rings. The molecule has 6 nitrogen and oxygen atoms in total. The van der Waals surface area contributed by atoms with Gasteiger partial charge in [-0.3, -0.25) is 4.98 Å². The van der Waals surface area contributed by atoms with E-state index in [0.29, 0.717) is 23.7 Å². The Morgan fingerprint density at radius 3 is 2.59 bits per heavy atom. The molecule has 2 N–H and O–H groups in total. The van der Waals surface area contributed by atoms with E-state index in [2.05, 4.69) is 15.1 Å². The van der Waals surface area contributed by atoms with E-state index in [1.54, 1.807) is 12.4 Å². The highest BCUT2D eigenvalue weighted by Gasteiger charge is 2.58. The van der Waals surface area contributed by atoms with E-state index >= 15 is 0 Å². The summed E-state index contributed by atoms with van der Waals surface area (Å²) >= 11 is 0. The lowest BCUT2D eigenvalue weighted by molar-refractivity contribution is -0.0596. The van der Waals surface area contributed by atoms with Gasteiger partial charge in [0, 0.05) is 23.5 Å². The summed E-state index contributed by atoms with van der Waals surface area (Å²) in [6, 6.07) is 11.6. The van der Waals surface area contributed by atoms with Crippen molar-refractivity contribution in [2.24, 2.45) is 11.1 Å². The van der Waals surface area contributed by atoms with Crippen LogP contribution in [0.2, 0.25) is 0 Å². The molecule has 6 heteroatoms. The van der Waals surface area contributed by atoms with Crippen LogP contribution in [0.3, 0.4) is 0 Å². The van der Waals surface area contributed by atoms with Gasteiger partial charge in [0.1, 0.15) is 12.4 Å². The fraction of sp³-hybridized carbons (Fsp3) is 0.381. The van der Waals surface area contributed by atoms with Crippen LogP contribution in [0.5, 0.6) is 5.75 Å². The first-order valence-electron chi connectivity index (χ1n) is 9.40. The van der Waals surface area contributed by atoms with Crippen molar-refractivity contribution in [2.45, 2.75) is 44.2 Å². The van der Waals surface area contributed by atoms with E-state index in [-0.39, 0.29) is 0 Å². The lowest BCUT2D eigenvalue weighted by atomic mass is 9.49. The Kier molecular flexibility index (Phi) is 3.75. The van der Waals surface area contributed by atoms with E-state index in [1.165, 1.54) is 19.3 Å². The average molecular weight is 362 g/mol. The molecule has 0 radical (unpaired) electrons. The Hall–Kier alpha value is -2.73. The van der Waals surface area contributed by atoms with E-state index in [9.17, 15) is 0 Å². The lowest BCUT2D eigenvalue weighted by Crippen LogP contribution is -2.58. The summed E-state index contributed by atoms with van der Waals surface area (Å²) in [7, 11) is 0. The molecule has 2 fully saturated rings. The first kappa shape index (κ1) is 16.4. The van der Waals surface area contributed by atoms with Crippen molar-refractivity contribution < 1.29 is 9.26 Å². The Bertz CT molecular complexity index is 924. The van der Waals surface area contributed by atoms with Crippen molar-refractivity contribution in [3.8, 4) is 17.1 Å². The van der Waals surface area contributed by atoms with Crippen LogP contribution < -0.4 is 10.5 Å². The molecule has 0 atom stereocenters. The number of nitrogens with zero attached hydrogens (tertiary/aromatic N) is 3. The minimum absolute atomic E-state index is 0.446. The largest absolute Gasteiger partial charge is 0.489 e. The predicted octanol–water partition coefficient (Wildman–Crippen LogP) is 3.83. The second-order valence-corrected chi connectivity index (χ2v) is 7.96. The van der Waals surface area contributed by atoms with Crippen molar-refractivity contribution in [1.82, 2.24) is 15.1 Å². The summed E-state index contributed by atoms with van der Waals surface area (Å²) in [4.78, 5) is 8.66. The Morgan fingerprint density at radius 2 is 1.93 bits per heavy atom. The number of ether oxygens (including phenoxy) is 1. The molecular formula is C21H22N4O2. The normalized spacial score (nSPS) is 19.3. The van der Waals surface area contributed by atoms with Crippen molar-refractivity contribution in [3.05, 3.63) is 60.2 Å². The van der Waals surface area contributed by atoms with Gasteiger partial charge >= 0.3 is 0 Å². The number of hydrogen-bond donors (Lipinski definition) is 1. The summed E-state index contributed by atoms with van der Waals surface area (Å²) in [5.74, 6) is 1.92. The zero-order valence-corrected chi connectivity index (χ0v) is 15.1. The number of benzene rings is 1. The van der Waals surface area contributed by atoms with Gasteiger partial charge in [-0.2, -0.15) is 4.98 Å². The summed E-state index contributed by atoms with van der Waals surface area (Å²) in [6.45, 7) is 0.483. The van der Waals surface area contributed by atoms with Crippen LogP contribution >= 0.6 is 0 Å². The van der Waals surface area contributed by atoms with Gasteiger partial charge in [0.25, 0.3) is 0 Å². The molecule has 0 bridgehead atoms. The van der Waals surface area contributed by atoms with Crippen molar-refractivity contribution in [1.29, 1.82) is 0 Å². The number of pyridine rings is 1. The molecule has 2 aromatic heterocycles. The van der Waals surface area contributed by atoms with E-state index < -0.39 is 5.54 Å². The summed E-state index contributed by atoms with van der Waals surface area (Å²) < 4.78 is 11.3. The zero-order valence-electron chi connectivity index (χ0n) is 15.1. The first-order chi connectivity index (χ1) is 13.1. The lowest BCUT2D eigenvalue weighted by Gasteiger charge is -2.57. The minimum Gasteiger partial charge on any atom is -0.489 e. The molecule has 5 rings (SSSR count). The third-order valence-corrected chi connectivity index (χ3v) is 5.89. The maximum absolute atomic E-state index is 6.50. The van der Waals surface area contributed by atoms with Gasteiger partial charge in [0.05, 0.1) is 5.54 Å². The number of rotatable bonds is 5. The van der Waals surface area contributed by atoms with Gasteiger partial charge < -0.3 is 15.0 Å². The predicted molar refractivity (Wildman–Crippen MR) is 99.7 cm³/mol. The van der Waals surface area contributed by atoms with E-state index in [4.69, 9.17) is 15.0 Å². The van der Waals surface area contributed by atoms with Gasteiger partial charge in [-0.05, 0) is 61.4 Å². The maximum Gasteiger partial charge on any atom is 0.247 e. The maximum atomic E-state index is 6.50. The van der Waals surface area contributed by atoms with Crippen molar-refractivity contribution in [3.63, 3.8) is 0 Å². The van der Waals surface area contributed by atoms with Crippen LogP contribution in [-0.2, 0) is 12.1 Å². The molecular weight excluding hydrogens is 340 g/mol. The van der Waals surface area contributed by atoms with Crippen molar-refractivity contribution in [2.75, 3.05) is 0 Å². The van der Waals surface area contributed by atoms with Gasteiger partial charge in [0.15, 0.2) is 0 Å². The Morgan fingerprint density at radius 1 is 1.11 bits per heavy atom. The highest BCUT2D eigenvalue weighted by Crippen LogP contribution is 2.62. The molecule has 27 heavy (non-hydrogen) atoms. The van der Waals surface area contributed by atoms with Crippen LogP contribution in [0.25, 0.3) is 11.4 Å². The highest BCUT2D eigenvalue weighted by atomic mass is 16.5. The fourth-order valence-corrected chi connectivity index (χ4v) is 4.36. The SMILES string of the molecule is NC1(c2nc(-c3ccc(OCc4cccnc4)cc3)no2)CC2(CCC2)C1. The second-order valence-electron chi connectivity index (χ2n) is 7.96. The molecule has 1 aromatic carbocycles. The average Bonchev–Trinajstić information content (AvgIpc) is 3.14. The zero-order chi connectivity index (χ0) is 18.3. The third-order valence-electron chi connectivity index (χ3n) is 5.89. The quantitative estimate of drug-likeness (QED) is 0.742. The first-order valence-corrected chi connectivity index (χ1v) is 9.40. The molecule has 2 aliphatic carbocycles. The molecule has 0 amide bonds. The van der Waals surface area contributed by atoms with Gasteiger partial charge in [0.2, 0.25) is 11.7 Å². The van der Waals surface area contributed by atoms with Gasteiger partial charge in [-0.25, -0.2) is 0 Å². The third kappa shape index (κ3) is 3.00. The Balaban J connectivity index is 1.25. The molecule has 2 saturated carbocycles. The molecule has 1 spiro atoms. The molecule has 3 aromatic rings. The fourth-order valence-electron chi connectivity index (χ4n) is 4.36. The van der Waals surface area contributed by atoms with Gasteiger partial charge in [-0.1, -0.05) is 17.6 Å². The van der Waals surface area contributed by atoms with Crippen LogP contribution in [-0.4, -0.2) is 15.1 Å². The topological polar surface area (TPSA) is 87.1 Å². The number of hydrogen-bond acceptors (Lipinski definition) is 6. The summed E-state index contributed by atoms with van der Waals surface area (Å²) in [5, 5.41) is 4.13. The van der Waals surface area contributed by atoms with Crippen molar-refractivity contribution >= 4 is 0 Å². The molecule has 0 aliphatic heterocycles. The minimum atomic E-state index is -0.446. The monoisotopic (exact) mass is 362 g/mol. The highest BCUT2D eigenvalue weighted by molar-refractivity contribution is 5.55. The molecule has 2 heterocycles. The van der Waals surface area contributed by atoms with Crippen LogP contribution in [0.15, 0.2) is 53.3 Å². The molecule has 138 valence electrons. The summed E-state index contributed by atoms with van der Waals surface area (Å²) in [6.07, 6.45) is 9.36. The number of aromatic nitrogens is 3. The van der Waals surface area contributed by atoms with Crippen LogP contribution in [0.4, 0.5) is 0 Å². The number of nitrogens with two attached hydrogens (primary N) is 1. The Labute approximate surface area is 157 Å². The second kappa shape index (κ2) is 6.16. The smallest absolute Gasteiger partial charge is 0.247 e. The van der Waals surface area contributed by atoms with Crippen LogP contribution in [0.1, 0.15) is 43.6 Å². The van der Waals surface area contributed by atoms with E-state index in [0.717, 1.165) is 29.7 Å². The van der Waals surface area contributed by atoms with E-state index in [1.807, 2.05) is 36.4 Å². The standard InChI is InChI=1S/C21H22N4O2/c22-21(13-20(14-21)8-2-9-20)19-24-18(25-27-19)16-4-6-17(7-5-16)26-12-15-3-1-10-23-11-15/h1,3-7,10-11H,2,8-9,12-14,22H2.